The molecule has 26 heavy (non-hydrogen) atoms. The molecule has 0 amide bonds. The van der Waals surface area contributed by atoms with Gasteiger partial charge in [-0.05, 0) is 51.3 Å². The van der Waals surface area contributed by atoms with Crippen molar-refractivity contribution in [3.8, 4) is 0 Å². The molecule has 2 unspecified atom stereocenters. The van der Waals surface area contributed by atoms with Crippen LogP contribution < -0.4 is 10.6 Å². The number of aliphatic imine (C=N–C) groups is 1. The number of rotatable bonds is 6. The average molecular weight is 472 g/mol. The maximum Gasteiger partial charge on any atom is 0.191 e. The Hall–Kier alpha value is -0.860. The van der Waals surface area contributed by atoms with Crippen LogP contribution in [-0.2, 0) is 4.74 Å². The molecule has 0 radical (unpaired) electrons. The summed E-state index contributed by atoms with van der Waals surface area (Å²) in [7, 11) is 1.83. The topological polar surface area (TPSA) is 48.9 Å². The van der Waals surface area contributed by atoms with Crippen molar-refractivity contribution in [3.63, 3.8) is 0 Å². The van der Waals surface area contributed by atoms with E-state index in [1.54, 1.807) is 0 Å². The minimum absolute atomic E-state index is 0. The predicted molar refractivity (Wildman–Crippen MR) is 118 cm³/mol. The first-order valence-electron chi connectivity index (χ1n) is 9.63. The summed E-state index contributed by atoms with van der Waals surface area (Å²) in [6, 6.07) is 9.35. The van der Waals surface area contributed by atoms with Crippen molar-refractivity contribution in [2.45, 2.75) is 44.8 Å². The van der Waals surface area contributed by atoms with Gasteiger partial charge >= 0.3 is 0 Å². The standard InChI is InChI=1S/C20H32N4O.HI/c1-16-7-9-17(10-8-16)19(24-11-3-4-12-24)15-23-20(21-2)22-14-18-6-5-13-25-18;/h7-10,18-19H,3-6,11-15H2,1-2H3,(H2,21,22,23);1H. The van der Waals surface area contributed by atoms with Crippen LogP contribution in [-0.4, -0.2) is 56.8 Å². The van der Waals surface area contributed by atoms with Crippen molar-refractivity contribution in [1.82, 2.24) is 15.5 Å². The largest absolute Gasteiger partial charge is 0.376 e. The minimum atomic E-state index is 0. The summed E-state index contributed by atoms with van der Waals surface area (Å²) in [4.78, 5) is 6.96. The molecule has 0 aromatic heterocycles. The maximum absolute atomic E-state index is 5.68. The van der Waals surface area contributed by atoms with Crippen molar-refractivity contribution in [3.05, 3.63) is 35.4 Å². The fourth-order valence-corrected chi connectivity index (χ4v) is 3.73. The molecule has 2 heterocycles. The van der Waals surface area contributed by atoms with E-state index in [9.17, 15) is 0 Å². The minimum Gasteiger partial charge on any atom is -0.376 e. The second kappa shape index (κ2) is 11.1. The van der Waals surface area contributed by atoms with Gasteiger partial charge in [0.25, 0.3) is 0 Å². The van der Waals surface area contributed by atoms with E-state index in [-0.39, 0.29) is 24.0 Å². The summed E-state index contributed by atoms with van der Waals surface area (Å²) < 4.78 is 5.68. The van der Waals surface area contributed by atoms with Crippen molar-refractivity contribution >= 4 is 29.9 Å². The Bertz CT molecular complexity index is 551. The van der Waals surface area contributed by atoms with Crippen LogP contribution in [0.4, 0.5) is 0 Å². The summed E-state index contributed by atoms with van der Waals surface area (Å²) in [5, 5.41) is 6.94. The second-order valence-electron chi connectivity index (χ2n) is 7.14. The molecule has 0 spiro atoms. The molecule has 2 atom stereocenters. The Morgan fingerprint density at radius 3 is 2.54 bits per heavy atom. The molecule has 1 aromatic carbocycles. The Kier molecular flexibility index (Phi) is 9.15. The molecule has 2 aliphatic rings. The molecule has 3 rings (SSSR count). The van der Waals surface area contributed by atoms with Gasteiger partial charge in [0.15, 0.2) is 5.96 Å². The first-order valence-corrected chi connectivity index (χ1v) is 9.63. The van der Waals surface area contributed by atoms with E-state index in [0.717, 1.165) is 32.1 Å². The first-order chi connectivity index (χ1) is 12.3. The van der Waals surface area contributed by atoms with E-state index in [0.29, 0.717) is 12.1 Å². The van der Waals surface area contributed by atoms with Crippen LogP contribution in [0.25, 0.3) is 0 Å². The Morgan fingerprint density at radius 2 is 1.92 bits per heavy atom. The van der Waals surface area contributed by atoms with E-state index in [2.05, 4.69) is 51.7 Å². The van der Waals surface area contributed by atoms with Crippen LogP contribution in [0.5, 0.6) is 0 Å². The maximum atomic E-state index is 5.68. The molecule has 0 bridgehead atoms. The summed E-state index contributed by atoms with van der Waals surface area (Å²) >= 11 is 0. The number of likely N-dealkylation sites (tertiary alicyclic amines) is 1. The van der Waals surface area contributed by atoms with E-state index in [1.807, 2.05) is 7.05 Å². The molecule has 146 valence electrons. The molecular formula is C20H33IN4O. The molecule has 2 fully saturated rings. The van der Waals surface area contributed by atoms with Gasteiger partial charge in [-0.15, -0.1) is 24.0 Å². The number of halogens is 1. The Labute approximate surface area is 175 Å². The van der Waals surface area contributed by atoms with Gasteiger partial charge in [0.2, 0.25) is 0 Å². The van der Waals surface area contributed by atoms with E-state index < -0.39 is 0 Å². The zero-order valence-corrected chi connectivity index (χ0v) is 18.4. The number of benzene rings is 1. The second-order valence-corrected chi connectivity index (χ2v) is 7.14. The van der Waals surface area contributed by atoms with Crippen LogP contribution in [0.2, 0.25) is 0 Å². The molecule has 0 saturated carbocycles. The number of hydrogen-bond acceptors (Lipinski definition) is 3. The number of hydrogen-bond donors (Lipinski definition) is 2. The lowest BCUT2D eigenvalue weighted by atomic mass is 10.0. The molecule has 6 heteroatoms. The van der Waals surface area contributed by atoms with Crippen LogP contribution >= 0.6 is 24.0 Å². The fraction of sp³-hybridized carbons (Fsp3) is 0.650. The number of nitrogens with zero attached hydrogens (tertiary/aromatic N) is 2. The molecule has 2 N–H and O–H groups in total. The average Bonchev–Trinajstić information content (AvgIpc) is 3.33. The van der Waals surface area contributed by atoms with Gasteiger partial charge in [0.05, 0.1) is 12.1 Å². The van der Waals surface area contributed by atoms with Gasteiger partial charge in [-0.1, -0.05) is 29.8 Å². The molecule has 1 aromatic rings. The lowest BCUT2D eigenvalue weighted by molar-refractivity contribution is 0.113. The smallest absolute Gasteiger partial charge is 0.191 e. The number of ether oxygens (including phenoxy) is 1. The van der Waals surface area contributed by atoms with Gasteiger partial charge in [0, 0.05) is 26.7 Å². The Morgan fingerprint density at radius 1 is 1.19 bits per heavy atom. The highest BCUT2D eigenvalue weighted by molar-refractivity contribution is 14.0. The summed E-state index contributed by atoms with van der Waals surface area (Å²) in [5.74, 6) is 0.867. The quantitative estimate of drug-likeness (QED) is 0.380. The van der Waals surface area contributed by atoms with Gasteiger partial charge in [0.1, 0.15) is 0 Å². The first kappa shape index (κ1) is 21.4. The van der Waals surface area contributed by atoms with Crippen molar-refractivity contribution in [2.75, 3.05) is 39.8 Å². The molecular weight excluding hydrogens is 439 g/mol. The lowest BCUT2D eigenvalue weighted by Gasteiger charge is -2.29. The molecule has 2 aliphatic heterocycles. The van der Waals surface area contributed by atoms with Gasteiger partial charge in [-0.25, -0.2) is 0 Å². The Balaban J connectivity index is 0.00000243. The zero-order chi connectivity index (χ0) is 17.5. The van der Waals surface area contributed by atoms with Gasteiger partial charge in [-0.2, -0.15) is 0 Å². The predicted octanol–water partition coefficient (Wildman–Crippen LogP) is 3.09. The van der Waals surface area contributed by atoms with Crippen molar-refractivity contribution < 1.29 is 4.74 Å². The number of aryl methyl sites for hydroxylation is 1. The number of guanidine groups is 1. The summed E-state index contributed by atoms with van der Waals surface area (Å²) in [6.45, 7) is 7.10. The van der Waals surface area contributed by atoms with Crippen LogP contribution in [0.3, 0.4) is 0 Å². The lowest BCUT2D eigenvalue weighted by Crippen LogP contribution is -2.44. The monoisotopic (exact) mass is 472 g/mol. The molecule has 2 saturated heterocycles. The fourth-order valence-electron chi connectivity index (χ4n) is 3.73. The summed E-state index contributed by atoms with van der Waals surface area (Å²) in [5.41, 5.74) is 2.69. The zero-order valence-electron chi connectivity index (χ0n) is 16.0. The number of nitrogens with one attached hydrogen (secondary N) is 2. The summed E-state index contributed by atoms with van der Waals surface area (Å²) in [6.07, 6.45) is 5.24. The van der Waals surface area contributed by atoms with Crippen molar-refractivity contribution in [1.29, 1.82) is 0 Å². The van der Waals surface area contributed by atoms with Crippen LogP contribution in [0, 0.1) is 6.92 Å². The van der Waals surface area contributed by atoms with Crippen molar-refractivity contribution in [2.24, 2.45) is 4.99 Å². The molecule has 0 aliphatic carbocycles. The van der Waals surface area contributed by atoms with Crippen LogP contribution in [0.1, 0.15) is 42.9 Å². The third-order valence-electron chi connectivity index (χ3n) is 5.25. The van der Waals surface area contributed by atoms with Gasteiger partial charge < -0.3 is 15.4 Å². The highest BCUT2D eigenvalue weighted by Crippen LogP contribution is 2.24. The van der Waals surface area contributed by atoms with Crippen LogP contribution in [0.15, 0.2) is 29.3 Å². The third-order valence-corrected chi connectivity index (χ3v) is 5.25. The SMILES string of the molecule is CN=C(NCC1CCCO1)NCC(c1ccc(C)cc1)N1CCCC1.I. The van der Waals surface area contributed by atoms with E-state index in [1.165, 1.54) is 43.5 Å². The highest BCUT2D eigenvalue weighted by Gasteiger charge is 2.24. The molecule has 5 nitrogen and oxygen atoms in total. The highest BCUT2D eigenvalue weighted by atomic mass is 127. The third kappa shape index (κ3) is 6.09. The van der Waals surface area contributed by atoms with E-state index >= 15 is 0 Å². The normalized spacial score (nSPS) is 22.1. The van der Waals surface area contributed by atoms with E-state index in [4.69, 9.17) is 4.74 Å². The van der Waals surface area contributed by atoms with Gasteiger partial charge in [-0.3, -0.25) is 9.89 Å².